The van der Waals surface area contributed by atoms with E-state index in [0.717, 1.165) is 12.8 Å². The minimum atomic E-state index is -1.04. The van der Waals surface area contributed by atoms with E-state index in [-0.39, 0.29) is 0 Å². The Balaban J connectivity index is 2.16. The van der Waals surface area contributed by atoms with Gasteiger partial charge in [-0.1, -0.05) is 45.4 Å². The Hall–Kier alpha value is -0.900. The van der Waals surface area contributed by atoms with Crippen LogP contribution < -0.4 is 5.73 Å². The van der Waals surface area contributed by atoms with Crippen LogP contribution in [0, 0.1) is 0 Å². The molecule has 0 saturated heterocycles. The summed E-state index contributed by atoms with van der Waals surface area (Å²) < 4.78 is 12.0. The molecule has 0 saturated carbocycles. The fourth-order valence-electron chi connectivity index (χ4n) is 1.88. The Morgan fingerprint density at radius 3 is 2.50 bits per heavy atom. The highest BCUT2D eigenvalue weighted by atomic mass is 32.2. The van der Waals surface area contributed by atoms with Crippen LogP contribution in [-0.2, 0) is 10.8 Å². The molecule has 0 fully saturated rings. The first-order valence-corrected chi connectivity index (χ1v) is 8.16. The number of anilines is 1. The molecule has 3 nitrogen and oxygen atoms in total. The molecule has 0 aliphatic heterocycles. The summed E-state index contributed by atoms with van der Waals surface area (Å²) in [6, 6.07) is 3.52. The molecule has 102 valence electrons. The van der Waals surface area contributed by atoms with Crippen molar-refractivity contribution in [2.45, 2.75) is 56.9 Å². The lowest BCUT2D eigenvalue weighted by Gasteiger charge is -2.04. The van der Waals surface area contributed by atoms with E-state index < -0.39 is 10.8 Å². The van der Waals surface area contributed by atoms with Crippen LogP contribution in [0.3, 0.4) is 0 Å². The summed E-state index contributed by atoms with van der Waals surface area (Å²) in [5.41, 5.74) is 6.29. The minimum absolute atomic E-state index is 0.541. The predicted molar refractivity (Wildman–Crippen MR) is 77.9 cm³/mol. The van der Waals surface area contributed by atoms with Crippen LogP contribution in [0.25, 0.3) is 0 Å². The number of nitrogens with zero attached hydrogens (tertiary/aromatic N) is 1. The fourth-order valence-corrected chi connectivity index (χ4v) is 3.05. The van der Waals surface area contributed by atoms with Gasteiger partial charge in [-0.2, -0.15) is 0 Å². The number of nitrogen functional groups attached to an aromatic ring is 1. The van der Waals surface area contributed by atoms with Crippen molar-refractivity contribution in [3.63, 3.8) is 0 Å². The summed E-state index contributed by atoms with van der Waals surface area (Å²) in [4.78, 5) is 4.09. The molecule has 1 atom stereocenters. The lowest BCUT2D eigenvalue weighted by Crippen LogP contribution is -2.04. The fraction of sp³-hybridized carbons (Fsp3) is 0.643. The molecule has 0 amide bonds. The van der Waals surface area contributed by atoms with Gasteiger partial charge in [-0.05, 0) is 18.6 Å². The van der Waals surface area contributed by atoms with Crippen molar-refractivity contribution in [3.05, 3.63) is 18.3 Å². The maximum atomic E-state index is 12.0. The second-order valence-corrected chi connectivity index (χ2v) is 6.05. The second-order valence-electron chi connectivity index (χ2n) is 4.57. The Bertz CT molecular complexity index is 369. The number of hydrogen-bond donors (Lipinski definition) is 1. The van der Waals surface area contributed by atoms with Crippen LogP contribution in [0.5, 0.6) is 0 Å². The van der Waals surface area contributed by atoms with E-state index >= 15 is 0 Å². The lowest BCUT2D eigenvalue weighted by atomic mass is 10.1. The topological polar surface area (TPSA) is 56.0 Å². The van der Waals surface area contributed by atoms with Crippen molar-refractivity contribution < 1.29 is 4.21 Å². The zero-order chi connectivity index (χ0) is 13.2. The summed E-state index contributed by atoms with van der Waals surface area (Å²) in [5.74, 6) is 0.676. The van der Waals surface area contributed by atoms with Crippen LogP contribution in [0.15, 0.2) is 23.4 Å². The molecule has 1 aromatic heterocycles. The number of unbranched alkanes of at least 4 members (excludes halogenated alkanes) is 6. The highest BCUT2D eigenvalue weighted by Crippen LogP contribution is 2.14. The molecule has 18 heavy (non-hydrogen) atoms. The summed E-state index contributed by atoms with van der Waals surface area (Å²) in [7, 11) is -1.04. The van der Waals surface area contributed by atoms with Gasteiger partial charge in [-0.25, -0.2) is 4.98 Å². The van der Waals surface area contributed by atoms with Crippen LogP contribution in [0.4, 0.5) is 5.69 Å². The van der Waals surface area contributed by atoms with Gasteiger partial charge < -0.3 is 5.73 Å². The Labute approximate surface area is 113 Å². The second kappa shape index (κ2) is 9.09. The van der Waals surface area contributed by atoms with E-state index in [1.165, 1.54) is 32.1 Å². The third kappa shape index (κ3) is 5.63. The first-order chi connectivity index (χ1) is 8.75. The molecule has 1 unspecified atom stereocenters. The zero-order valence-corrected chi connectivity index (χ0v) is 12.0. The predicted octanol–water partition coefficient (Wildman–Crippen LogP) is 3.52. The van der Waals surface area contributed by atoms with Gasteiger partial charge in [0.05, 0.1) is 16.5 Å². The average molecular weight is 268 g/mol. The molecule has 0 aliphatic carbocycles. The zero-order valence-electron chi connectivity index (χ0n) is 11.2. The number of hydrogen-bond acceptors (Lipinski definition) is 3. The minimum Gasteiger partial charge on any atom is -0.396 e. The first-order valence-electron chi connectivity index (χ1n) is 6.84. The van der Waals surface area contributed by atoms with Gasteiger partial charge in [-0.15, -0.1) is 0 Å². The molecule has 4 heteroatoms. The molecule has 0 spiro atoms. The average Bonchev–Trinajstić information content (AvgIpc) is 2.38. The quantitative estimate of drug-likeness (QED) is 0.697. The summed E-state index contributed by atoms with van der Waals surface area (Å²) in [6.45, 7) is 2.22. The van der Waals surface area contributed by atoms with Gasteiger partial charge in [-0.3, -0.25) is 4.21 Å². The van der Waals surface area contributed by atoms with Crippen molar-refractivity contribution in [3.8, 4) is 0 Å². The maximum absolute atomic E-state index is 12.0. The van der Waals surface area contributed by atoms with Crippen LogP contribution >= 0.6 is 0 Å². The van der Waals surface area contributed by atoms with Gasteiger partial charge in [0, 0.05) is 11.9 Å². The van der Waals surface area contributed by atoms with Gasteiger partial charge >= 0.3 is 0 Å². The van der Waals surface area contributed by atoms with Crippen molar-refractivity contribution in [1.82, 2.24) is 4.98 Å². The van der Waals surface area contributed by atoms with E-state index in [9.17, 15) is 4.21 Å². The molecular formula is C14H24N2OS. The Morgan fingerprint density at radius 2 is 1.83 bits per heavy atom. The standard InChI is InChI=1S/C14H24N2OS/c1-2-3-4-5-6-7-8-12-18(17)14-13(15)10-9-11-16-14/h9-11H,2-8,12,15H2,1H3. The number of aromatic nitrogens is 1. The van der Waals surface area contributed by atoms with Crippen molar-refractivity contribution in [2.75, 3.05) is 11.5 Å². The molecule has 0 aliphatic rings. The highest BCUT2D eigenvalue weighted by molar-refractivity contribution is 7.85. The molecule has 0 bridgehead atoms. The molecular weight excluding hydrogens is 244 g/mol. The van der Waals surface area contributed by atoms with Crippen molar-refractivity contribution >= 4 is 16.5 Å². The van der Waals surface area contributed by atoms with E-state index in [1.807, 2.05) is 0 Å². The van der Waals surface area contributed by atoms with Gasteiger partial charge in [0.1, 0.15) is 5.03 Å². The highest BCUT2D eigenvalue weighted by Gasteiger charge is 2.08. The first kappa shape index (κ1) is 15.2. The van der Waals surface area contributed by atoms with E-state index in [4.69, 9.17) is 5.73 Å². The number of rotatable bonds is 9. The third-order valence-corrected chi connectivity index (χ3v) is 4.38. The maximum Gasteiger partial charge on any atom is 0.150 e. The van der Waals surface area contributed by atoms with Gasteiger partial charge in [0.25, 0.3) is 0 Å². The largest absolute Gasteiger partial charge is 0.396 e. The van der Waals surface area contributed by atoms with E-state index in [0.29, 0.717) is 16.5 Å². The van der Waals surface area contributed by atoms with Crippen molar-refractivity contribution in [1.29, 1.82) is 0 Å². The van der Waals surface area contributed by atoms with E-state index in [2.05, 4.69) is 11.9 Å². The van der Waals surface area contributed by atoms with Gasteiger partial charge in [0.15, 0.2) is 0 Å². The SMILES string of the molecule is CCCCCCCCCS(=O)c1ncccc1N. The molecule has 0 aromatic carbocycles. The normalized spacial score (nSPS) is 12.5. The summed E-state index contributed by atoms with van der Waals surface area (Å²) >= 11 is 0. The molecule has 1 aromatic rings. The van der Waals surface area contributed by atoms with Crippen molar-refractivity contribution in [2.24, 2.45) is 0 Å². The van der Waals surface area contributed by atoms with Crippen LogP contribution in [0.2, 0.25) is 0 Å². The van der Waals surface area contributed by atoms with Crippen LogP contribution in [-0.4, -0.2) is 14.9 Å². The monoisotopic (exact) mass is 268 g/mol. The molecule has 0 radical (unpaired) electrons. The summed E-state index contributed by atoms with van der Waals surface area (Å²) in [5, 5.41) is 0.545. The smallest absolute Gasteiger partial charge is 0.150 e. The molecule has 1 rings (SSSR count). The van der Waals surface area contributed by atoms with E-state index in [1.54, 1.807) is 18.3 Å². The Morgan fingerprint density at radius 1 is 1.17 bits per heavy atom. The molecule has 1 heterocycles. The third-order valence-electron chi connectivity index (χ3n) is 2.95. The molecule has 2 N–H and O–H groups in total. The summed E-state index contributed by atoms with van der Waals surface area (Å²) in [6.07, 6.45) is 10.3. The van der Waals surface area contributed by atoms with Crippen LogP contribution in [0.1, 0.15) is 51.9 Å². The lowest BCUT2D eigenvalue weighted by molar-refractivity contribution is 0.601. The van der Waals surface area contributed by atoms with Gasteiger partial charge in [0.2, 0.25) is 0 Å². The number of nitrogens with two attached hydrogens (primary N) is 1. The number of pyridine rings is 1. The Kier molecular flexibility index (Phi) is 7.65.